The zero-order valence-corrected chi connectivity index (χ0v) is 14.5. The van der Waals surface area contributed by atoms with Crippen molar-refractivity contribution in [3.05, 3.63) is 36.8 Å². The van der Waals surface area contributed by atoms with Gasteiger partial charge in [0.25, 0.3) is 0 Å². The fourth-order valence-corrected chi connectivity index (χ4v) is 3.46. The van der Waals surface area contributed by atoms with E-state index in [1.54, 1.807) is 6.20 Å². The molecule has 1 aliphatic rings. The Kier molecular flexibility index (Phi) is 3.60. The zero-order valence-electron chi connectivity index (χ0n) is 14.5. The molecule has 1 saturated heterocycles. The van der Waals surface area contributed by atoms with Crippen LogP contribution in [0.2, 0.25) is 0 Å². The van der Waals surface area contributed by atoms with E-state index in [9.17, 15) is 0 Å². The first kappa shape index (κ1) is 15.3. The van der Waals surface area contributed by atoms with Crippen LogP contribution in [0.15, 0.2) is 36.8 Å². The quantitative estimate of drug-likeness (QED) is 0.615. The van der Waals surface area contributed by atoms with E-state index < -0.39 is 0 Å². The molecule has 0 bridgehead atoms. The van der Waals surface area contributed by atoms with E-state index >= 15 is 0 Å². The van der Waals surface area contributed by atoms with E-state index in [0.717, 1.165) is 59.2 Å². The number of nitrogens with zero attached hydrogens (tertiary/aromatic N) is 4. The molecule has 7 nitrogen and oxygen atoms in total. The number of aryl methyl sites for hydroxylation is 1. The van der Waals surface area contributed by atoms with E-state index in [1.807, 2.05) is 36.1 Å². The molecule has 0 radical (unpaired) electrons. The fraction of sp³-hybridized carbons (Fsp3) is 0.316. The largest absolute Gasteiger partial charge is 0.474 e. The molecular formula is C19H19N5O2. The molecule has 26 heavy (non-hydrogen) atoms. The average molecular weight is 349 g/mol. The molecule has 1 N–H and O–H groups in total. The molecule has 0 saturated carbocycles. The van der Waals surface area contributed by atoms with Crippen molar-refractivity contribution in [2.75, 3.05) is 13.2 Å². The van der Waals surface area contributed by atoms with Crippen LogP contribution in [-0.2, 0) is 11.8 Å². The minimum atomic E-state index is 0.129. The van der Waals surface area contributed by atoms with Gasteiger partial charge >= 0.3 is 0 Å². The van der Waals surface area contributed by atoms with Crippen molar-refractivity contribution in [3.8, 4) is 17.1 Å². The molecule has 132 valence electrons. The first-order chi connectivity index (χ1) is 12.8. The molecule has 7 heteroatoms. The second kappa shape index (κ2) is 6.10. The molecule has 0 aliphatic carbocycles. The number of rotatable bonds is 3. The van der Waals surface area contributed by atoms with Gasteiger partial charge in [-0.2, -0.15) is 5.10 Å². The number of pyridine rings is 1. The van der Waals surface area contributed by atoms with Gasteiger partial charge in [-0.25, -0.2) is 9.97 Å². The second-order valence-electron chi connectivity index (χ2n) is 6.60. The maximum absolute atomic E-state index is 6.22. The monoisotopic (exact) mass is 349 g/mol. The SMILES string of the molecule is Cn1cnc2ccc(-c3n[nH]c4ccnc(OC5CCOCC5)c34)cc21. The van der Waals surface area contributed by atoms with E-state index in [2.05, 4.69) is 26.2 Å². The normalized spacial score (nSPS) is 15.7. The summed E-state index contributed by atoms with van der Waals surface area (Å²) >= 11 is 0. The first-order valence-corrected chi connectivity index (χ1v) is 8.78. The maximum atomic E-state index is 6.22. The van der Waals surface area contributed by atoms with E-state index in [0.29, 0.717) is 5.88 Å². The highest BCUT2D eigenvalue weighted by molar-refractivity contribution is 5.98. The Bertz CT molecular complexity index is 1080. The third kappa shape index (κ3) is 2.52. The van der Waals surface area contributed by atoms with Gasteiger partial charge in [-0.15, -0.1) is 0 Å². The van der Waals surface area contributed by atoms with E-state index in [-0.39, 0.29) is 6.10 Å². The van der Waals surface area contributed by atoms with Crippen molar-refractivity contribution in [1.29, 1.82) is 0 Å². The van der Waals surface area contributed by atoms with Gasteiger partial charge in [0.2, 0.25) is 5.88 Å². The van der Waals surface area contributed by atoms with Crippen LogP contribution in [0.5, 0.6) is 5.88 Å². The minimum Gasteiger partial charge on any atom is -0.474 e. The zero-order chi connectivity index (χ0) is 17.5. The lowest BCUT2D eigenvalue weighted by Crippen LogP contribution is -2.26. The topological polar surface area (TPSA) is 77.9 Å². The standard InChI is InChI=1S/C19H19N5O2/c1-24-11-21-14-3-2-12(10-16(14)24)18-17-15(22-23-18)4-7-20-19(17)26-13-5-8-25-9-6-13/h2-4,7,10-11,13H,5-6,8-9H2,1H3,(H,22,23). The van der Waals surface area contributed by atoms with Crippen molar-refractivity contribution in [2.24, 2.45) is 7.05 Å². The molecule has 0 amide bonds. The molecule has 4 aromatic rings. The molecule has 0 spiro atoms. The summed E-state index contributed by atoms with van der Waals surface area (Å²) in [5.41, 5.74) is 4.81. The van der Waals surface area contributed by atoms with Crippen molar-refractivity contribution in [1.82, 2.24) is 24.7 Å². The van der Waals surface area contributed by atoms with Gasteiger partial charge < -0.3 is 14.0 Å². The van der Waals surface area contributed by atoms with Gasteiger partial charge in [-0.1, -0.05) is 6.07 Å². The lowest BCUT2D eigenvalue weighted by atomic mass is 10.1. The Hall–Kier alpha value is -2.93. The lowest BCUT2D eigenvalue weighted by Gasteiger charge is -2.23. The number of nitrogens with one attached hydrogen (secondary N) is 1. The van der Waals surface area contributed by atoms with Gasteiger partial charge in [0, 0.05) is 31.6 Å². The maximum Gasteiger partial charge on any atom is 0.225 e. The second-order valence-corrected chi connectivity index (χ2v) is 6.60. The highest BCUT2D eigenvalue weighted by Gasteiger charge is 2.20. The number of H-pyrrole nitrogens is 1. The first-order valence-electron chi connectivity index (χ1n) is 8.78. The van der Waals surface area contributed by atoms with Gasteiger partial charge in [-0.05, 0) is 18.2 Å². The predicted molar refractivity (Wildman–Crippen MR) is 98.1 cm³/mol. The summed E-state index contributed by atoms with van der Waals surface area (Å²) in [6.07, 6.45) is 5.46. The molecule has 0 atom stereocenters. The highest BCUT2D eigenvalue weighted by Crippen LogP contribution is 2.34. The summed E-state index contributed by atoms with van der Waals surface area (Å²) in [5.74, 6) is 0.628. The minimum absolute atomic E-state index is 0.129. The van der Waals surface area contributed by atoms with Gasteiger partial charge in [0.05, 0.1) is 41.5 Å². The summed E-state index contributed by atoms with van der Waals surface area (Å²) in [5, 5.41) is 8.56. The highest BCUT2D eigenvalue weighted by atomic mass is 16.5. The third-order valence-corrected chi connectivity index (χ3v) is 4.89. The van der Waals surface area contributed by atoms with Crippen molar-refractivity contribution < 1.29 is 9.47 Å². The lowest BCUT2D eigenvalue weighted by molar-refractivity contribution is 0.0244. The number of aromatic nitrogens is 5. The van der Waals surface area contributed by atoms with Gasteiger partial charge in [0.1, 0.15) is 11.8 Å². The third-order valence-electron chi connectivity index (χ3n) is 4.89. The number of hydrogen-bond donors (Lipinski definition) is 1. The Morgan fingerprint density at radius 3 is 2.96 bits per heavy atom. The average Bonchev–Trinajstić information content (AvgIpc) is 3.27. The van der Waals surface area contributed by atoms with E-state index in [1.165, 1.54) is 0 Å². The molecule has 1 fully saturated rings. The number of ether oxygens (including phenoxy) is 2. The molecule has 0 unspecified atom stereocenters. The van der Waals surface area contributed by atoms with Crippen molar-refractivity contribution in [2.45, 2.75) is 18.9 Å². The molecular weight excluding hydrogens is 330 g/mol. The number of fused-ring (bicyclic) bond motifs is 2. The predicted octanol–water partition coefficient (Wildman–Crippen LogP) is 3.07. The smallest absolute Gasteiger partial charge is 0.225 e. The number of aromatic amines is 1. The van der Waals surface area contributed by atoms with Crippen LogP contribution in [0.25, 0.3) is 33.2 Å². The van der Waals surface area contributed by atoms with Crippen molar-refractivity contribution in [3.63, 3.8) is 0 Å². The Labute approximate surface area is 150 Å². The summed E-state index contributed by atoms with van der Waals surface area (Å²) in [4.78, 5) is 8.87. The van der Waals surface area contributed by atoms with E-state index in [4.69, 9.17) is 9.47 Å². The van der Waals surface area contributed by atoms with Crippen LogP contribution in [0, 0.1) is 0 Å². The summed E-state index contributed by atoms with van der Waals surface area (Å²) in [6.45, 7) is 1.46. The van der Waals surface area contributed by atoms with Crippen LogP contribution in [0.1, 0.15) is 12.8 Å². The summed E-state index contributed by atoms with van der Waals surface area (Å²) in [7, 11) is 1.99. The van der Waals surface area contributed by atoms with Gasteiger partial charge in [-0.3, -0.25) is 5.10 Å². The Morgan fingerprint density at radius 1 is 1.19 bits per heavy atom. The van der Waals surface area contributed by atoms with Crippen LogP contribution < -0.4 is 4.74 Å². The van der Waals surface area contributed by atoms with Crippen LogP contribution in [0.4, 0.5) is 0 Å². The molecule has 1 aliphatic heterocycles. The van der Waals surface area contributed by atoms with Gasteiger partial charge in [0.15, 0.2) is 0 Å². The number of imidazole rings is 1. The molecule has 4 heterocycles. The van der Waals surface area contributed by atoms with Crippen LogP contribution >= 0.6 is 0 Å². The summed E-state index contributed by atoms with van der Waals surface area (Å²) in [6, 6.07) is 8.07. The number of hydrogen-bond acceptors (Lipinski definition) is 5. The summed E-state index contributed by atoms with van der Waals surface area (Å²) < 4.78 is 13.6. The Morgan fingerprint density at radius 2 is 2.08 bits per heavy atom. The fourth-order valence-electron chi connectivity index (χ4n) is 3.46. The van der Waals surface area contributed by atoms with Crippen molar-refractivity contribution >= 4 is 21.9 Å². The van der Waals surface area contributed by atoms with Crippen LogP contribution in [0.3, 0.4) is 0 Å². The molecule has 1 aromatic carbocycles. The Balaban J connectivity index is 1.61. The number of benzene rings is 1. The molecule has 5 rings (SSSR count). The molecule has 3 aromatic heterocycles. The van der Waals surface area contributed by atoms with Crippen LogP contribution in [-0.4, -0.2) is 44.1 Å².